The lowest BCUT2D eigenvalue weighted by molar-refractivity contribution is 0.399. The molecule has 4 heteroatoms. The van der Waals surface area contributed by atoms with E-state index in [1.807, 2.05) is 0 Å². The highest BCUT2D eigenvalue weighted by atomic mass is 79.9. The maximum absolute atomic E-state index is 13.5. The van der Waals surface area contributed by atoms with Gasteiger partial charge in [0.05, 0.1) is 11.6 Å². The summed E-state index contributed by atoms with van der Waals surface area (Å²) in [4.78, 5) is 0. The van der Waals surface area contributed by atoms with Gasteiger partial charge in [0, 0.05) is 11.6 Å². The summed E-state index contributed by atoms with van der Waals surface area (Å²) in [5, 5.41) is 0. The SMILES string of the molecule is COc1cc(F)cc(C2(N)CCCC2)c1Br. The first-order valence-electron chi connectivity index (χ1n) is 5.39. The summed E-state index contributed by atoms with van der Waals surface area (Å²) in [6.45, 7) is 0. The topological polar surface area (TPSA) is 35.2 Å². The molecule has 0 aliphatic heterocycles. The van der Waals surface area contributed by atoms with Crippen LogP contribution in [0.2, 0.25) is 0 Å². The highest BCUT2D eigenvalue weighted by Crippen LogP contribution is 2.42. The van der Waals surface area contributed by atoms with Gasteiger partial charge in [-0.1, -0.05) is 12.8 Å². The van der Waals surface area contributed by atoms with Crippen LogP contribution in [0.4, 0.5) is 4.39 Å². The minimum Gasteiger partial charge on any atom is -0.495 e. The average molecular weight is 288 g/mol. The Bertz CT molecular complexity index is 402. The Morgan fingerprint density at radius 1 is 1.38 bits per heavy atom. The van der Waals surface area contributed by atoms with Crippen molar-refractivity contribution in [3.63, 3.8) is 0 Å². The van der Waals surface area contributed by atoms with Gasteiger partial charge >= 0.3 is 0 Å². The molecule has 2 rings (SSSR count). The fraction of sp³-hybridized carbons (Fsp3) is 0.500. The molecule has 1 aromatic rings. The number of halogens is 2. The van der Waals surface area contributed by atoms with E-state index in [0.717, 1.165) is 35.7 Å². The molecule has 1 fully saturated rings. The highest BCUT2D eigenvalue weighted by Gasteiger charge is 2.34. The summed E-state index contributed by atoms with van der Waals surface area (Å²) in [5.74, 6) is 0.207. The normalized spacial score (nSPS) is 18.8. The molecular formula is C12H15BrFNO. The van der Waals surface area contributed by atoms with Crippen LogP contribution in [0.5, 0.6) is 5.75 Å². The zero-order valence-corrected chi connectivity index (χ0v) is 10.8. The zero-order valence-electron chi connectivity index (χ0n) is 9.22. The molecule has 0 amide bonds. The molecule has 1 aliphatic rings. The van der Waals surface area contributed by atoms with Gasteiger partial charge in [0.2, 0.25) is 0 Å². The molecular weight excluding hydrogens is 273 g/mol. The van der Waals surface area contributed by atoms with Gasteiger partial charge < -0.3 is 10.5 Å². The summed E-state index contributed by atoms with van der Waals surface area (Å²) < 4.78 is 19.4. The third-order valence-electron chi connectivity index (χ3n) is 3.26. The maximum Gasteiger partial charge on any atom is 0.136 e. The molecule has 88 valence electrons. The first-order valence-corrected chi connectivity index (χ1v) is 6.18. The Kier molecular flexibility index (Phi) is 3.22. The molecule has 0 saturated heterocycles. The second-order valence-corrected chi connectivity index (χ2v) is 5.13. The second kappa shape index (κ2) is 4.34. The number of rotatable bonds is 2. The molecule has 0 bridgehead atoms. The van der Waals surface area contributed by atoms with Crippen LogP contribution >= 0.6 is 15.9 Å². The highest BCUT2D eigenvalue weighted by molar-refractivity contribution is 9.10. The van der Waals surface area contributed by atoms with E-state index in [-0.39, 0.29) is 5.82 Å². The van der Waals surface area contributed by atoms with Crippen LogP contribution in [-0.4, -0.2) is 7.11 Å². The average Bonchev–Trinajstić information content (AvgIpc) is 2.69. The Morgan fingerprint density at radius 2 is 2.00 bits per heavy atom. The van der Waals surface area contributed by atoms with Gasteiger partial charge in [0.1, 0.15) is 11.6 Å². The van der Waals surface area contributed by atoms with Crippen LogP contribution in [-0.2, 0) is 5.54 Å². The lowest BCUT2D eigenvalue weighted by atomic mass is 9.89. The predicted molar refractivity (Wildman–Crippen MR) is 65.0 cm³/mol. The summed E-state index contributed by atoms with van der Waals surface area (Å²) in [6.07, 6.45) is 4.00. The molecule has 0 aromatic heterocycles. The van der Waals surface area contributed by atoms with Crippen molar-refractivity contribution in [1.29, 1.82) is 0 Å². The largest absolute Gasteiger partial charge is 0.495 e. The Labute approximate surface area is 103 Å². The van der Waals surface area contributed by atoms with Gasteiger partial charge in [-0.3, -0.25) is 0 Å². The van der Waals surface area contributed by atoms with E-state index in [1.165, 1.54) is 19.2 Å². The Balaban J connectivity index is 2.51. The molecule has 0 atom stereocenters. The smallest absolute Gasteiger partial charge is 0.136 e. The summed E-state index contributed by atoms with van der Waals surface area (Å²) in [5.41, 5.74) is 6.73. The van der Waals surface area contributed by atoms with E-state index in [0.29, 0.717) is 5.75 Å². The maximum atomic E-state index is 13.5. The molecule has 2 N–H and O–H groups in total. The number of hydrogen-bond acceptors (Lipinski definition) is 2. The predicted octanol–water partition coefficient (Wildman–Crippen LogP) is 3.32. The summed E-state index contributed by atoms with van der Waals surface area (Å²) >= 11 is 3.45. The minimum absolute atomic E-state index is 0.299. The van der Waals surface area contributed by atoms with Crippen LogP contribution < -0.4 is 10.5 Å². The Morgan fingerprint density at radius 3 is 2.56 bits per heavy atom. The monoisotopic (exact) mass is 287 g/mol. The van der Waals surface area contributed by atoms with Gasteiger partial charge in [0.15, 0.2) is 0 Å². The van der Waals surface area contributed by atoms with Gasteiger partial charge in [-0.05, 0) is 40.4 Å². The number of ether oxygens (including phenoxy) is 1. The molecule has 0 spiro atoms. The Hall–Kier alpha value is -0.610. The van der Waals surface area contributed by atoms with Crippen molar-refractivity contribution >= 4 is 15.9 Å². The third kappa shape index (κ3) is 1.96. The van der Waals surface area contributed by atoms with E-state index in [1.54, 1.807) is 0 Å². The van der Waals surface area contributed by atoms with Crippen molar-refractivity contribution in [3.8, 4) is 5.75 Å². The molecule has 2 nitrogen and oxygen atoms in total. The van der Waals surface area contributed by atoms with Crippen LogP contribution in [0.25, 0.3) is 0 Å². The van der Waals surface area contributed by atoms with Crippen molar-refractivity contribution in [1.82, 2.24) is 0 Å². The van der Waals surface area contributed by atoms with Crippen molar-refractivity contribution < 1.29 is 9.13 Å². The zero-order chi connectivity index (χ0) is 11.8. The minimum atomic E-state index is -0.409. The van der Waals surface area contributed by atoms with Crippen molar-refractivity contribution in [2.45, 2.75) is 31.2 Å². The quantitative estimate of drug-likeness (QED) is 0.906. The van der Waals surface area contributed by atoms with Crippen LogP contribution in [0, 0.1) is 5.82 Å². The first kappa shape index (κ1) is 11.9. The molecule has 0 unspecified atom stereocenters. The molecule has 1 aliphatic carbocycles. The fourth-order valence-electron chi connectivity index (χ4n) is 2.35. The first-order chi connectivity index (χ1) is 7.57. The van der Waals surface area contributed by atoms with E-state index >= 15 is 0 Å². The summed E-state index contributed by atoms with van der Waals surface area (Å²) in [6, 6.07) is 2.88. The summed E-state index contributed by atoms with van der Waals surface area (Å²) in [7, 11) is 1.53. The molecule has 0 radical (unpaired) electrons. The van der Waals surface area contributed by atoms with Crippen molar-refractivity contribution in [3.05, 3.63) is 28.0 Å². The second-order valence-electron chi connectivity index (χ2n) is 4.33. The van der Waals surface area contributed by atoms with Gasteiger partial charge in [-0.15, -0.1) is 0 Å². The molecule has 16 heavy (non-hydrogen) atoms. The molecule has 1 aromatic carbocycles. The number of nitrogens with two attached hydrogens (primary N) is 1. The molecule has 0 heterocycles. The number of methoxy groups -OCH3 is 1. The fourth-order valence-corrected chi connectivity index (χ4v) is 3.14. The lowest BCUT2D eigenvalue weighted by Gasteiger charge is -2.26. The molecule has 1 saturated carbocycles. The number of hydrogen-bond donors (Lipinski definition) is 1. The van der Waals surface area contributed by atoms with Gasteiger partial charge in [-0.25, -0.2) is 4.39 Å². The van der Waals surface area contributed by atoms with Crippen molar-refractivity contribution in [2.24, 2.45) is 5.73 Å². The number of benzene rings is 1. The van der Waals surface area contributed by atoms with E-state index in [4.69, 9.17) is 10.5 Å². The van der Waals surface area contributed by atoms with Gasteiger partial charge in [0.25, 0.3) is 0 Å². The third-order valence-corrected chi connectivity index (χ3v) is 4.07. The standard InChI is InChI=1S/C12H15BrFNO/c1-16-10-7-8(14)6-9(11(10)13)12(15)4-2-3-5-12/h6-7H,2-5,15H2,1H3. The lowest BCUT2D eigenvalue weighted by Crippen LogP contribution is -2.33. The van der Waals surface area contributed by atoms with E-state index < -0.39 is 5.54 Å². The van der Waals surface area contributed by atoms with Crippen molar-refractivity contribution in [2.75, 3.05) is 7.11 Å². The van der Waals surface area contributed by atoms with Gasteiger partial charge in [-0.2, -0.15) is 0 Å². The van der Waals surface area contributed by atoms with Crippen LogP contribution in [0.1, 0.15) is 31.2 Å². The van der Waals surface area contributed by atoms with Crippen LogP contribution in [0.15, 0.2) is 16.6 Å². The van der Waals surface area contributed by atoms with E-state index in [2.05, 4.69) is 15.9 Å². The van der Waals surface area contributed by atoms with E-state index in [9.17, 15) is 4.39 Å². The van der Waals surface area contributed by atoms with Crippen LogP contribution in [0.3, 0.4) is 0 Å².